The average molecular weight is 508 g/mol. The molecule has 1 atom stereocenters. The predicted octanol–water partition coefficient (Wildman–Crippen LogP) is 2.73. The normalized spacial score (nSPS) is 18.0. The summed E-state index contributed by atoms with van der Waals surface area (Å²) in [6, 6.07) is 7.11. The van der Waals surface area contributed by atoms with Gasteiger partial charge in [0.15, 0.2) is 5.60 Å². The summed E-state index contributed by atoms with van der Waals surface area (Å²) in [6.07, 6.45) is 0.773. The van der Waals surface area contributed by atoms with Gasteiger partial charge in [-0.25, -0.2) is 9.78 Å². The molecule has 0 radical (unpaired) electrons. The van der Waals surface area contributed by atoms with Crippen LogP contribution in [0.1, 0.15) is 35.6 Å². The van der Waals surface area contributed by atoms with E-state index in [0.29, 0.717) is 35.5 Å². The number of ether oxygens (including phenoxy) is 1. The van der Waals surface area contributed by atoms with Crippen LogP contribution in [0.2, 0.25) is 0 Å². The van der Waals surface area contributed by atoms with Gasteiger partial charge in [-0.2, -0.15) is 0 Å². The number of hydrogen-bond acceptors (Lipinski definition) is 7. The van der Waals surface area contributed by atoms with Crippen molar-refractivity contribution in [1.82, 2.24) is 14.5 Å². The quantitative estimate of drug-likeness (QED) is 0.409. The number of rotatable bonds is 4. The van der Waals surface area contributed by atoms with Gasteiger partial charge in [0.2, 0.25) is 0 Å². The van der Waals surface area contributed by atoms with Gasteiger partial charge >= 0.3 is 5.97 Å². The minimum absolute atomic E-state index is 0. The predicted molar refractivity (Wildman–Crippen MR) is 133 cm³/mol. The molecule has 0 bridgehead atoms. The molecule has 8 nitrogen and oxygen atoms in total. The van der Waals surface area contributed by atoms with Gasteiger partial charge in [-0.1, -0.05) is 6.92 Å². The first-order valence-corrected chi connectivity index (χ1v) is 10.7. The molecule has 0 fully saturated rings. The van der Waals surface area contributed by atoms with Crippen LogP contribution in [0, 0.1) is 0 Å². The van der Waals surface area contributed by atoms with E-state index in [-0.39, 0.29) is 49.2 Å². The smallest absolute Gasteiger partial charge is 0.343 e. The third-order valence-corrected chi connectivity index (χ3v) is 6.59. The zero-order valence-electron chi connectivity index (χ0n) is 19.1. The minimum atomic E-state index is -1.84. The van der Waals surface area contributed by atoms with Gasteiger partial charge in [-0.3, -0.25) is 4.79 Å². The molecule has 2 aromatic heterocycles. The van der Waals surface area contributed by atoms with Crippen LogP contribution < -0.4 is 5.56 Å². The molecule has 2 N–H and O–H groups in total. The Morgan fingerprint density at radius 3 is 2.62 bits per heavy atom. The molecule has 0 amide bonds. The number of benzene rings is 1. The van der Waals surface area contributed by atoms with Crippen LogP contribution in [0.5, 0.6) is 5.75 Å². The number of aromatic nitrogens is 2. The molecule has 0 saturated carbocycles. The average Bonchev–Trinajstić information content (AvgIpc) is 3.12. The number of carbonyl (C=O) groups excluding carboxylic acids is 1. The summed E-state index contributed by atoms with van der Waals surface area (Å²) in [6.45, 7) is 2.65. The topological polar surface area (TPSA) is 105 Å². The molecule has 10 heteroatoms. The second-order valence-corrected chi connectivity index (χ2v) is 8.78. The largest absolute Gasteiger partial charge is 0.508 e. The molecule has 5 rings (SSSR count). The van der Waals surface area contributed by atoms with Gasteiger partial charge in [0.05, 0.1) is 29.0 Å². The molecule has 0 spiro atoms. The fourth-order valence-corrected chi connectivity index (χ4v) is 4.70. The number of aliphatic hydroxyl groups is 1. The molecule has 182 valence electrons. The second kappa shape index (κ2) is 9.19. The van der Waals surface area contributed by atoms with Crippen molar-refractivity contribution in [2.24, 2.45) is 0 Å². The number of esters is 1. The van der Waals surface area contributed by atoms with Crippen molar-refractivity contribution in [3.8, 4) is 17.1 Å². The Labute approximate surface area is 209 Å². The molecule has 4 heterocycles. The van der Waals surface area contributed by atoms with E-state index in [1.807, 2.05) is 20.2 Å². The summed E-state index contributed by atoms with van der Waals surface area (Å²) < 4.78 is 6.73. The number of fused-ring (bicyclic) bond motifs is 5. The van der Waals surface area contributed by atoms with E-state index < -0.39 is 11.6 Å². The number of likely N-dealkylation sites (N-methyl/N-ethyl adjacent to an activating group) is 1. The van der Waals surface area contributed by atoms with E-state index >= 15 is 0 Å². The number of phenols is 1. The van der Waals surface area contributed by atoms with Crippen LogP contribution in [-0.2, 0) is 34.7 Å². The lowest BCUT2D eigenvalue weighted by Crippen LogP contribution is -2.44. The zero-order chi connectivity index (χ0) is 22.8. The number of aromatic hydroxyl groups is 1. The Morgan fingerprint density at radius 2 is 1.94 bits per heavy atom. The summed E-state index contributed by atoms with van der Waals surface area (Å²) in [4.78, 5) is 32.4. The standard InChI is InChI=1S/C24H25N3O5.2ClH/c1-4-24(31)17-10-19-21-13(11-27(19)22(29)16(17)12-32-23(24)30)9-15-14(7-8-26(2)3)20(28)6-5-18(15)25-21;;/h5-6,9-10,28,31H,4,7-8,11-12H2,1-3H3;2*1H/t24-;;/m0../s1. The van der Waals surface area contributed by atoms with Crippen molar-refractivity contribution in [3.05, 3.63) is 56.9 Å². The molecule has 3 aromatic rings. The van der Waals surface area contributed by atoms with Crippen LogP contribution in [0.15, 0.2) is 29.1 Å². The van der Waals surface area contributed by atoms with Crippen LogP contribution in [0.25, 0.3) is 22.3 Å². The molecule has 2 aliphatic heterocycles. The number of pyridine rings is 2. The SMILES string of the molecule is CC[C@@]1(O)C(=O)OCc2c1cc1n(c2=O)Cc2cc3c(CCN(C)C)c(O)ccc3nc2-1.Cl.Cl. The number of nitrogens with zero attached hydrogens (tertiary/aromatic N) is 3. The maximum Gasteiger partial charge on any atom is 0.343 e. The Morgan fingerprint density at radius 1 is 1.21 bits per heavy atom. The monoisotopic (exact) mass is 507 g/mol. The van der Waals surface area contributed by atoms with Crippen molar-refractivity contribution in [2.75, 3.05) is 20.6 Å². The first kappa shape index (κ1) is 26.0. The van der Waals surface area contributed by atoms with Gasteiger partial charge in [0, 0.05) is 28.6 Å². The molecule has 0 saturated heterocycles. The second-order valence-electron chi connectivity index (χ2n) is 8.78. The highest BCUT2D eigenvalue weighted by atomic mass is 35.5. The fourth-order valence-electron chi connectivity index (χ4n) is 4.70. The number of carbonyl (C=O) groups is 1. The van der Waals surface area contributed by atoms with E-state index in [4.69, 9.17) is 9.72 Å². The summed E-state index contributed by atoms with van der Waals surface area (Å²) in [5, 5.41) is 22.3. The summed E-state index contributed by atoms with van der Waals surface area (Å²) in [7, 11) is 3.96. The first-order valence-electron chi connectivity index (χ1n) is 10.7. The number of cyclic esters (lactones) is 1. The highest BCUT2D eigenvalue weighted by Crippen LogP contribution is 2.39. The van der Waals surface area contributed by atoms with E-state index in [2.05, 4.69) is 4.90 Å². The van der Waals surface area contributed by atoms with Gasteiger partial charge in [-0.05, 0) is 51.2 Å². The Kier molecular flexibility index (Phi) is 7.01. The third kappa shape index (κ3) is 3.75. The van der Waals surface area contributed by atoms with Crippen molar-refractivity contribution in [3.63, 3.8) is 0 Å². The van der Waals surface area contributed by atoms with Crippen molar-refractivity contribution in [1.29, 1.82) is 0 Å². The zero-order valence-corrected chi connectivity index (χ0v) is 20.8. The summed E-state index contributed by atoms with van der Waals surface area (Å²) in [5.74, 6) is -0.504. The molecule has 2 aliphatic rings. The maximum absolute atomic E-state index is 13.3. The Hall–Kier alpha value is -2.65. The number of phenolic OH excluding ortho intramolecular Hbond substituents is 1. The Balaban J connectivity index is 0.00000162. The van der Waals surface area contributed by atoms with Crippen LogP contribution >= 0.6 is 24.8 Å². The number of hydrogen-bond donors (Lipinski definition) is 2. The Bertz CT molecular complexity index is 1350. The van der Waals surface area contributed by atoms with E-state index in [1.54, 1.807) is 29.7 Å². The van der Waals surface area contributed by atoms with Gasteiger partial charge in [-0.15, -0.1) is 24.8 Å². The highest BCUT2D eigenvalue weighted by molar-refractivity contribution is 5.89. The van der Waals surface area contributed by atoms with E-state index in [9.17, 15) is 19.8 Å². The summed E-state index contributed by atoms with van der Waals surface area (Å²) in [5.41, 5.74) is 2.13. The number of halogens is 2. The van der Waals surface area contributed by atoms with Gasteiger partial charge < -0.3 is 24.4 Å². The van der Waals surface area contributed by atoms with Crippen molar-refractivity contribution >= 4 is 41.7 Å². The van der Waals surface area contributed by atoms with Crippen molar-refractivity contribution in [2.45, 2.75) is 38.5 Å². The molecular formula is C24H27Cl2N3O5. The van der Waals surface area contributed by atoms with Crippen LogP contribution in [-0.4, -0.2) is 51.3 Å². The third-order valence-electron chi connectivity index (χ3n) is 6.59. The molecular weight excluding hydrogens is 481 g/mol. The van der Waals surface area contributed by atoms with Crippen LogP contribution in [0.3, 0.4) is 0 Å². The lowest BCUT2D eigenvalue weighted by molar-refractivity contribution is -0.172. The summed E-state index contributed by atoms with van der Waals surface area (Å²) >= 11 is 0. The lowest BCUT2D eigenvalue weighted by Gasteiger charge is -2.31. The molecule has 34 heavy (non-hydrogen) atoms. The highest BCUT2D eigenvalue weighted by Gasteiger charge is 2.45. The van der Waals surface area contributed by atoms with Crippen LogP contribution in [0.4, 0.5) is 0 Å². The lowest BCUT2D eigenvalue weighted by atomic mass is 9.86. The molecule has 0 aliphatic carbocycles. The van der Waals surface area contributed by atoms with E-state index in [0.717, 1.165) is 28.6 Å². The van der Waals surface area contributed by atoms with E-state index in [1.165, 1.54) is 0 Å². The van der Waals surface area contributed by atoms with Gasteiger partial charge in [0.25, 0.3) is 5.56 Å². The van der Waals surface area contributed by atoms with Crippen molar-refractivity contribution < 1.29 is 19.7 Å². The van der Waals surface area contributed by atoms with Gasteiger partial charge in [0.1, 0.15) is 12.4 Å². The minimum Gasteiger partial charge on any atom is -0.508 e. The molecule has 0 unspecified atom stereocenters. The molecule has 1 aromatic carbocycles. The fraction of sp³-hybridized carbons (Fsp3) is 0.375. The first-order chi connectivity index (χ1) is 15.2. The maximum atomic E-state index is 13.3.